The Kier molecular flexibility index (Phi) is 6.96. The van der Waals surface area contributed by atoms with Gasteiger partial charge in [-0.3, -0.25) is 18.9 Å². The van der Waals surface area contributed by atoms with Crippen LogP contribution in [0.4, 0.5) is 5.95 Å². The molecule has 0 bridgehead atoms. The number of aromatic amines is 1. The molecule has 188 valence electrons. The molecule has 1 fully saturated rings. The van der Waals surface area contributed by atoms with Crippen molar-refractivity contribution >= 4 is 40.6 Å². The summed E-state index contributed by atoms with van der Waals surface area (Å²) in [6.07, 6.45) is 0.895. The molecule has 3 heterocycles. The van der Waals surface area contributed by atoms with Crippen LogP contribution >= 0.6 is 23.5 Å². The van der Waals surface area contributed by atoms with Crippen LogP contribution in [0.3, 0.4) is 0 Å². The Bertz CT molecular complexity index is 1350. The number of terminal acetylenes is 1. The Morgan fingerprint density at radius 2 is 1.91 bits per heavy atom. The third kappa shape index (κ3) is 5.46. The number of aliphatic hydroxyl groups excluding tert-OH is 1. The molecule has 0 spiro atoms. The number of H-pyrrole nitrogens is 1. The molecule has 2 aromatic rings. The van der Waals surface area contributed by atoms with Crippen LogP contribution in [0.5, 0.6) is 0 Å². The fraction of sp³-hybridized carbons (Fsp3) is 0.417. The summed E-state index contributed by atoms with van der Waals surface area (Å²) in [7, 11) is -16.9. The number of aromatic nitrogens is 4. The first-order valence-electron chi connectivity index (χ1n) is 8.52. The Balaban J connectivity index is 1.83. The molecular weight excluding hydrogens is 531 g/mol. The molecule has 2 aromatic heterocycles. The van der Waals surface area contributed by atoms with Gasteiger partial charge in [0.1, 0.15) is 12.2 Å². The highest BCUT2D eigenvalue weighted by molar-refractivity contribution is 7.66. The largest absolute Gasteiger partial charge is 0.490 e. The van der Waals surface area contributed by atoms with Crippen molar-refractivity contribution in [3.8, 4) is 12.3 Å². The van der Waals surface area contributed by atoms with Crippen molar-refractivity contribution in [3.63, 3.8) is 0 Å². The van der Waals surface area contributed by atoms with Crippen LogP contribution in [0.1, 0.15) is 6.23 Å². The van der Waals surface area contributed by atoms with Gasteiger partial charge in [0.15, 0.2) is 23.0 Å². The van der Waals surface area contributed by atoms with Crippen molar-refractivity contribution in [1.29, 1.82) is 0 Å². The van der Waals surface area contributed by atoms with Crippen LogP contribution in [0, 0.1) is 12.3 Å². The van der Waals surface area contributed by atoms with Crippen molar-refractivity contribution in [1.82, 2.24) is 19.5 Å². The van der Waals surface area contributed by atoms with E-state index in [0.29, 0.717) is 0 Å². The molecule has 6 atom stereocenters. The van der Waals surface area contributed by atoms with Gasteiger partial charge in [-0.05, 0) is 0 Å². The Morgan fingerprint density at radius 1 is 1.26 bits per heavy atom. The molecule has 3 unspecified atom stereocenters. The molecule has 0 aliphatic carbocycles. The monoisotopic (exact) mass is 547 g/mol. The van der Waals surface area contributed by atoms with E-state index in [-0.39, 0.29) is 17.1 Å². The van der Waals surface area contributed by atoms with Crippen molar-refractivity contribution in [2.24, 2.45) is 0 Å². The highest BCUT2D eigenvalue weighted by atomic mass is 31.3. The predicted molar refractivity (Wildman–Crippen MR) is 106 cm³/mol. The molecule has 0 saturated carbocycles. The smallest absolute Gasteiger partial charge is 0.386 e. The summed E-state index contributed by atoms with van der Waals surface area (Å²) in [5.41, 5.74) is 1.77. The second kappa shape index (κ2) is 8.90. The number of aliphatic hydroxyl groups is 2. The van der Waals surface area contributed by atoms with Crippen molar-refractivity contribution in [2.45, 2.75) is 24.0 Å². The molecular formula is C12H16N5O14P3. The lowest BCUT2D eigenvalue weighted by atomic mass is 9.95. The minimum atomic E-state index is -5.78. The van der Waals surface area contributed by atoms with Crippen LogP contribution in [-0.4, -0.2) is 73.7 Å². The number of nitrogens with one attached hydrogen (secondary N) is 1. The van der Waals surface area contributed by atoms with E-state index in [1.807, 2.05) is 5.92 Å². The summed E-state index contributed by atoms with van der Waals surface area (Å²) in [5, 5.41) is 21.3. The second-order valence-corrected chi connectivity index (χ2v) is 11.0. The van der Waals surface area contributed by atoms with Crippen LogP contribution in [0.2, 0.25) is 0 Å². The van der Waals surface area contributed by atoms with Crippen molar-refractivity contribution in [2.75, 3.05) is 12.3 Å². The minimum Gasteiger partial charge on any atom is -0.386 e. The zero-order chi connectivity index (χ0) is 25.7. The quantitative estimate of drug-likeness (QED) is 0.127. The van der Waals surface area contributed by atoms with E-state index in [1.54, 1.807) is 0 Å². The number of phosphoric ester groups is 1. The zero-order valence-corrected chi connectivity index (χ0v) is 19.0. The first-order valence-corrected chi connectivity index (χ1v) is 13.0. The molecule has 0 amide bonds. The molecule has 1 aliphatic heterocycles. The number of fused-ring (bicyclic) bond motifs is 1. The normalized spacial score (nSPS) is 28.9. The van der Waals surface area contributed by atoms with Crippen molar-refractivity contribution < 1.29 is 61.4 Å². The molecule has 0 aromatic carbocycles. The van der Waals surface area contributed by atoms with Gasteiger partial charge in [0.05, 0.1) is 12.9 Å². The number of phosphoric acid groups is 3. The summed E-state index contributed by atoms with van der Waals surface area (Å²) in [5.74, 6) is 1.56. The van der Waals surface area contributed by atoms with Crippen LogP contribution in [-0.2, 0) is 31.6 Å². The number of rotatable bonds is 8. The van der Waals surface area contributed by atoms with Crippen LogP contribution in [0.25, 0.3) is 11.2 Å². The van der Waals surface area contributed by atoms with Crippen LogP contribution < -0.4 is 11.3 Å². The van der Waals surface area contributed by atoms with Gasteiger partial charge in [-0.15, -0.1) is 6.42 Å². The standard InChI is InChI=1S/C12H16N5O14P3/c1-2-12(20)7(18)5(3-28-33(24,25)31-34(26,27)30-32(21,22)23)29-10(12)17-4-14-6-8(17)15-11(13)16-9(6)19/h1,4-5,7,10,18,20H,3H2,(H,24,25)(H,26,27)(H2,21,22,23)(H3,13,15,16,19)/t5-,7?,10-,12-/m1/s1. The van der Waals surface area contributed by atoms with Gasteiger partial charge in [0.2, 0.25) is 5.95 Å². The fourth-order valence-corrected chi connectivity index (χ4v) is 5.95. The lowest BCUT2D eigenvalue weighted by Crippen LogP contribution is -2.45. The van der Waals surface area contributed by atoms with Gasteiger partial charge in [-0.1, -0.05) is 5.92 Å². The summed E-state index contributed by atoms with van der Waals surface area (Å²) < 4.78 is 51.8. The molecule has 3 rings (SSSR count). The minimum absolute atomic E-state index is 0.208. The number of nitrogens with zero attached hydrogens (tertiary/aromatic N) is 3. The number of hydrogen-bond donors (Lipinski definition) is 8. The molecule has 0 radical (unpaired) electrons. The predicted octanol–water partition coefficient (Wildman–Crippen LogP) is -2.33. The highest BCUT2D eigenvalue weighted by Gasteiger charge is 2.56. The maximum Gasteiger partial charge on any atom is 0.490 e. The summed E-state index contributed by atoms with van der Waals surface area (Å²) in [4.78, 5) is 57.6. The number of ether oxygens (including phenoxy) is 1. The summed E-state index contributed by atoms with van der Waals surface area (Å²) in [6.45, 7) is -1.12. The lowest BCUT2D eigenvalue weighted by molar-refractivity contribution is -0.0717. The molecule has 19 nitrogen and oxygen atoms in total. The summed E-state index contributed by atoms with van der Waals surface area (Å²) >= 11 is 0. The van der Waals surface area contributed by atoms with E-state index < -0.39 is 59.7 Å². The molecule has 1 saturated heterocycles. The van der Waals surface area contributed by atoms with Gasteiger partial charge < -0.3 is 40.3 Å². The summed E-state index contributed by atoms with van der Waals surface area (Å²) in [6, 6.07) is 0. The number of nitrogen functional groups attached to an aromatic ring is 1. The van der Waals surface area contributed by atoms with E-state index in [0.717, 1.165) is 10.9 Å². The topological polar surface area (TPSA) is 299 Å². The maximum absolute atomic E-state index is 12.0. The van der Waals surface area contributed by atoms with Crippen molar-refractivity contribution in [3.05, 3.63) is 16.7 Å². The Hall–Kier alpha value is -2.00. The van der Waals surface area contributed by atoms with Gasteiger partial charge in [0.25, 0.3) is 5.56 Å². The van der Waals surface area contributed by atoms with Gasteiger partial charge in [0, 0.05) is 0 Å². The van der Waals surface area contributed by atoms with E-state index in [2.05, 4.69) is 28.1 Å². The lowest BCUT2D eigenvalue weighted by Gasteiger charge is -2.26. The molecule has 9 N–H and O–H groups in total. The number of anilines is 1. The second-order valence-electron chi connectivity index (χ2n) is 6.60. The Morgan fingerprint density at radius 3 is 2.50 bits per heavy atom. The number of hydrogen-bond acceptors (Lipinski definition) is 13. The van der Waals surface area contributed by atoms with E-state index >= 15 is 0 Å². The maximum atomic E-state index is 12.0. The SMILES string of the molecule is C#C[C@@]1(O)C(O)[C@@H](COP(=O)(O)OP(=O)(O)OP(=O)(O)O)O[C@H]1n1cnc2c(=O)[nH]c(N)nc21. The van der Waals surface area contributed by atoms with Crippen LogP contribution in [0.15, 0.2) is 11.1 Å². The van der Waals surface area contributed by atoms with E-state index in [9.17, 15) is 33.6 Å². The van der Waals surface area contributed by atoms with E-state index in [1.165, 1.54) is 0 Å². The third-order valence-corrected chi connectivity index (χ3v) is 8.04. The van der Waals surface area contributed by atoms with Gasteiger partial charge in [-0.2, -0.15) is 13.6 Å². The zero-order valence-electron chi connectivity index (χ0n) is 16.3. The fourth-order valence-electron chi connectivity index (χ4n) is 2.92. The number of imidazole rings is 1. The molecule has 22 heteroatoms. The van der Waals surface area contributed by atoms with E-state index in [4.69, 9.17) is 31.6 Å². The third-order valence-electron chi connectivity index (χ3n) is 4.24. The number of nitrogens with two attached hydrogens (primary N) is 1. The average molecular weight is 547 g/mol. The first kappa shape index (κ1) is 26.6. The molecule has 34 heavy (non-hydrogen) atoms. The van der Waals surface area contributed by atoms with Gasteiger partial charge >= 0.3 is 23.5 Å². The average Bonchev–Trinajstić information content (AvgIpc) is 3.17. The highest BCUT2D eigenvalue weighted by Crippen LogP contribution is 2.66. The molecule has 1 aliphatic rings. The van der Waals surface area contributed by atoms with Gasteiger partial charge in [-0.25, -0.2) is 18.7 Å². The Labute approximate surface area is 187 Å². The first-order chi connectivity index (χ1) is 15.5.